The highest BCUT2D eigenvalue weighted by Crippen LogP contribution is 2.26. The van der Waals surface area contributed by atoms with Crippen LogP contribution in [0.3, 0.4) is 0 Å². The van der Waals surface area contributed by atoms with Gasteiger partial charge in [-0.2, -0.15) is 0 Å². The van der Waals surface area contributed by atoms with Crippen molar-refractivity contribution in [1.29, 1.82) is 0 Å². The van der Waals surface area contributed by atoms with Gasteiger partial charge >= 0.3 is 0 Å². The van der Waals surface area contributed by atoms with Crippen LogP contribution in [-0.2, 0) is 14.8 Å². The standard InChI is InChI=1S/C24H25BrN2O3S2/c1-19-11-13-23(14-12-19)32(29,30)27(21-8-5-7-20(25)17-21)18-24(28)26-15-6-16-31-22-9-3-2-4-10-22/h2-5,7-14,17H,6,15-16,18H2,1H3,(H,26,28). The molecule has 8 heteroatoms. The number of benzene rings is 3. The molecule has 1 amide bonds. The van der Waals surface area contributed by atoms with Crippen molar-refractivity contribution in [2.45, 2.75) is 23.1 Å². The zero-order valence-corrected chi connectivity index (χ0v) is 20.9. The van der Waals surface area contributed by atoms with Crippen molar-refractivity contribution in [3.63, 3.8) is 0 Å². The quantitative estimate of drug-likeness (QED) is 0.286. The molecule has 0 radical (unpaired) electrons. The summed E-state index contributed by atoms with van der Waals surface area (Å²) in [5.41, 5.74) is 1.39. The molecule has 1 N–H and O–H groups in total. The Hall–Kier alpha value is -2.29. The van der Waals surface area contributed by atoms with Gasteiger partial charge in [0, 0.05) is 15.9 Å². The first-order valence-electron chi connectivity index (χ1n) is 10.2. The van der Waals surface area contributed by atoms with Crippen molar-refractivity contribution >= 4 is 49.3 Å². The summed E-state index contributed by atoms with van der Waals surface area (Å²) in [6.07, 6.45) is 0.785. The number of nitrogens with zero attached hydrogens (tertiary/aromatic N) is 1. The Morgan fingerprint density at radius 3 is 2.41 bits per heavy atom. The van der Waals surface area contributed by atoms with Crippen molar-refractivity contribution in [2.24, 2.45) is 0 Å². The van der Waals surface area contributed by atoms with Gasteiger partial charge in [-0.25, -0.2) is 8.42 Å². The second-order valence-corrected chi connectivity index (χ2v) is 11.1. The Balaban J connectivity index is 1.66. The Kier molecular flexibility index (Phi) is 8.78. The van der Waals surface area contributed by atoms with E-state index in [0.29, 0.717) is 12.2 Å². The molecule has 0 fully saturated rings. The summed E-state index contributed by atoms with van der Waals surface area (Å²) in [4.78, 5) is 14.0. The number of rotatable bonds is 10. The van der Waals surface area contributed by atoms with Crippen LogP contribution in [0.2, 0.25) is 0 Å². The molecule has 0 aliphatic carbocycles. The monoisotopic (exact) mass is 532 g/mol. The largest absolute Gasteiger partial charge is 0.354 e. The van der Waals surface area contributed by atoms with Gasteiger partial charge in [-0.15, -0.1) is 11.8 Å². The Morgan fingerprint density at radius 2 is 1.72 bits per heavy atom. The van der Waals surface area contributed by atoms with Gasteiger partial charge in [0.05, 0.1) is 10.6 Å². The molecule has 0 bridgehead atoms. The maximum Gasteiger partial charge on any atom is 0.264 e. The predicted molar refractivity (Wildman–Crippen MR) is 135 cm³/mol. The first kappa shape index (κ1) is 24.4. The number of hydrogen-bond donors (Lipinski definition) is 1. The topological polar surface area (TPSA) is 66.5 Å². The van der Waals surface area contributed by atoms with E-state index in [0.717, 1.165) is 26.5 Å². The number of anilines is 1. The highest BCUT2D eigenvalue weighted by Gasteiger charge is 2.27. The minimum atomic E-state index is -3.91. The zero-order chi connectivity index (χ0) is 23.0. The summed E-state index contributed by atoms with van der Waals surface area (Å²) < 4.78 is 28.6. The van der Waals surface area contributed by atoms with Gasteiger partial charge in [-0.1, -0.05) is 57.9 Å². The van der Waals surface area contributed by atoms with Gasteiger partial charge in [0.25, 0.3) is 10.0 Å². The van der Waals surface area contributed by atoms with Crippen LogP contribution in [0.4, 0.5) is 5.69 Å². The third-order valence-corrected chi connectivity index (χ3v) is 8.03. The molecule has 3 aromatic rings. The number of carbonyl (C=O) groups excluding carboxylic acids is 1. The highest BCUT2D eigenvalue weighted by atomic mass is 79.9. The molecule has 0 aliphatic heterocycles. The number of halogens is 1. The van der Waals surface area contributed by atoms with Crippen molar-refractivity contribution in [1.82, 2.24) is 5.32 Å². The minimum Gasteiger partial charge on any atom is -0.354 e. The van der Waals surface area contributed by atoms with E-state index < -0.39 is 10.0 Å². The average molecular weight is 534 g/mol. The third kappa shape index (κ3) is 6.85. The molecule has 0 saturated heterocycles. The molecule has 3 aromatic carbocycles. The molecule has 3 rings (SSSR count). The molecule has 168 valence electrons. The predicted octanol–water partition coefficient (Wildman–Crippen LogP) is 5.25. The fourth-order valence-corrected chi connectivity index (χ4v) is 5.65. The van der Waals surface area contributed by atoms with Crippen molar-refractivity contribution in [2.75, 3.05) is 23.1 Å². The number of amides is 1. The normalized spacial score (nSPS) is 11.2. The molecule has 0 saturated carbocycles. The smallest absolute Gasteiger partial charge is 0.264 e. The summed E-state index contributed by atoms with van der Waals surface area (Å²) in [6, 6.07) is 23.6. The summed E-state index contributed by atoms with van der Waals surface area (Å²) >= 11 is 5.11. The minimum absolute atomic E-state index is 0.148. The van der Waals surface area contributed by atoms with E-state index in [4.69, 9.17) is 0 Å². The van der Waals surface area contributed by atoms with Crippen LogP contribution in [-0.4, -0.2) is 33.2 Å². The fourth-order valence-electron chi connectivity index (χ4n) is 2.98. The Bertz CT molecular complexity index is 1140. The fraction of sp³-hybridized carbons (Fsp3) is 0.208. The molecule has 0 unspecified atom stereocenters. The van der Waals surface area contributed by atoms with Gasteiger partial charge < -0.3 is 5.32 Å². The van der Waals surface area contributed by atoms with E-state index in [9.17, 15) is 13.2 Å². The third-order valence-electron chi connectivity index (χ3n) is 4.65. The number of nitrogens with one attached hydrogen (secondary N) is 1. The summed E-state index contributed by atoms with van der Waals surface area (Å²) in [6.45, 7) is 2.08. The SMILES string of the molecule is Cc1ccc(S(=O)(=O)N(CC(=O)NCCCSc2ccccc2)c2cccc(Br)c2)cc1. The Labute approximate surface area is 202 Å². The first-order valence-corrected chi connectivity index (χ1v) is 13.4. The van der Waals surface area contributed by atoms with Crippen LogP contribution < -0.4 is 9.62 Å². The number of aryl methyl sites for hydroxylation is 1. The molecule has 0 aromatic heterocycles. The lowest BCUT2D eigenvalue weighted by molar-refractivity contribution is -0.119. The van der Waals surface area contributed by atoms with Crippen LogP contribution in [0, 0.1) is 6.92 Å². The van der Waals surface area contributed by atoms with Gasteiger partial charge in [0.1, 0.15) is 6.54 Å². The maximum absolute atomic E-state index is 13.4. The molecule has 0 spiro atoms. The van der Waals surface area contributed by atoms with E-state index in [1.807, 2.05) is 31.2 Å². The van der Waals surface area contributed by atoms with Crippen molar-refractivity contribution in [3.05, 3.63) is 88.9 Å². The van der Waals surface area contributed by atoms with Crippen molar-refractivity contribution in [3.8, 4) is 0 Å². The number of hydrogen-bond acceptors (Lipinski definition) is 4. The molecule has 0 atom stereocenters. The molecular formula is C24H25BrN2O3S2. The van der Waals surface area contributed by atoms with Crippen LogP contribution in [0.15, 0.2) is 93.1 Å². The second kappa shape index (κ2) is 11.5. The van der Waals surface area contributed by atoms with Crippen LogP contribution in [0.5, 0.6) is 0 Å². The second-order valence-electron chi connectivity index (χ2n) is 7.17. The van der Waals surface area contributed by atoms with E-state index >= 15 is 0 Å². The number of thioether (sulfide) groups is 1. The first-order chi connectivity index (χ1) is 15.4. The number of carbonyl (C=O) groups is 1. The highest BCUT2D eigenvalue weighted by molar-refractivity contribution is 9.10. The van der Waals surface area contributed by atoms with Gasteiger partial charge in [0.15, 0.2) is 0 Å². The zero-order valence-electron chi connectivity index (χ0n) is 17.7. The van der Waals surface area contributed by atoms with Crippen LogP contribution in [0.25, 0.3) is 0 Å². The maximum atomic E-state index is 13.4. The lowest BCUT2D eigenvalue weighted by Crippen LogP contribution is -2.41. The van der Waals surface area contributed by atoms with Gasteiger partial charge in [-0.3, -0.25) is 9.10 Å². The molecule has 5 nitrogen and oxygen atoms in total. The van der Waals surface area contributed by atoms with Crippen LogP contribution >= 0.6 is 27.7 Å². The summed E-state index contributed by atoms with van der Waals surface area (Å²) in [7, 11) is -3.91. The van der Waals surface area contributed by atoms with Crippen LogP contribution in [0.1, 0.15) is 12.0 Å². The van der Waals surface area contributed by atoms with E-state index in [1.165, 1.54) is 4.90 Å². The van der Waals surface area contributed by atoms with Crippen molar-refractivity contribution < 1.29 is 13.2 Å². The Morgan fingerprint density at radius 1 is 1.00 bits per heavy atom. The van der Waals surface area contributed by atoms with E-state index in [2.05, 4.69) is 33.4 Å². The molecule has 0 aliphatic rings. The lowest BCUT2D eigenvalue weighted by Gasteiger charge is -2.24. The van der Waals surface area contributed by atoms with E-state index in [1.54, 1.807) is 54.2 Å². The lowest BCUT2D eigenvalue weighted by atomic mass is 10.2. The molecule has 32 heavy (non-hydrogen) atoms. The van der Waals surface area contributed by atoms with Gasteiger partial charge in [-0.05, 0) is 61.6 Å². The summed E-state index contributed by atoms with van der Waals surface area (Å²) in [5.74, 6) is 0.520. The van der Waals surface area contributed by atoms with Gasteiger partial charge in [0.2, 0.25) is 5.91 Å². The average Bonchev–Trinajstić information content (AvgIpc) is 2.78. The summed E-state index contributed by atoms with van der Waals surface area (Å²) in [5, 5.41) is 2.85. The van der Waals surface area contributed by atoms with E-state index in [-0.39, 0.29) is 17.3 Å². The molecule has 0 heterocycles. The molecular weight excluding hydrogens is 508 g/mol. The number of sulfonamides is 1.